The van der Waals surface area contributed by atoms with Crippen LogP contribution in [0.25, 0.3) is 5.84 Å². The minimum atomic E-state index is 1.38. The van der Waals surface area contributed by atoms with E-state index in [-0.39, 0.29) is 0 Å². The van der Waals surface area contributed by atoms with Gasteiger partial charge in [0.1, 0.15) is 0 Å². The fraction of sp³-hybridized carbons (Fsp3) is 1.00. The van der Waals surface area contributed by atoms with Gasteiger partial charge in [-0.3, -0.25) is 0 Å². The SMILES string of the molecule is C1C[NH2+]C1.[NH-]N. The van der Waals surface area contributed by atoms with Gasteiger partial charge in [0.15, 0.2) is 0 Å². The second kappa shape index (κ2) is 4.88. The molecule has 0 saturated carbocycles. The second-order valence-corrected chi connectivity index (χ2v) is 1.22. The highest BCUT2D eigenvalue weighted by Crippen LogP contribution is 1.67. The molecule has 1 aliphatic heterocycles. The normalized spacial score (nSPS) is 17.0. The molecule has 0 aliphatic carbocycles. The Morgan fingerprint density at radius 2 is 1.50 bits per heavy atom. The van der Waals surface area contributed by atoms with E-state index in [1.165, 1.54) is 19.5 Å². The maximum atomic E-state index is 5.25. The molecule has 0 aromatic carbocycles. The average molecular weight is 89.1 g/mol. The number of hydrogen-bond acceptors (Lipinski definition) is 1. The van der Waals surface area contributed by atoms with E-state index in [0.29, 0.717) is 0 Å². The molecule has 0 spiro atoms. The standard InChI is InChI=1S/C3H7N.H3N2/c1-2-4-3-1;1-2/h4H,1-3H2;1H,2H2/q;-1/p+1. The zero-order valence-electron chi connectivity index (χ0n) is 3.78. The molecular weight excluding hydrogens is 78.1 g/mol. The molecule has 1 rings (SSSR count). The number of rotatable bonds is 0. The van der Waals surface area contributed by atoms with Crippen LogP contribution in [0.15, 0.2) is 0 Å². The van der Waals surface area contributed by atoms with Crippen LogP contribution in [0.1, 0.15) is 6.42 Å². The van der Waals surface area contributed by atoms with Crippen molar-refractivity contribution < 1.29 is 5.32 Å². The lowest BCUT2D eigenvalue weighted by Gasteiger charge is -2.05. The van der Waals surface area contributed by atoms with Gasteiger partial charge < -0.3 is 17.0 Å². The Morgan fingerprint density at radius 1 is 1.33 bits per heavy atom. The highest BCUT2D eigenvalue weighted by molar-refractivity contribution is 4.32. The molecule has 6 heavy (non-hydrogen) atoms. The lowest BCUT2D eigenvalue weighted by molar-refractivity contribution is -0.705. The molecule has 0 radical (unpaired) electrons. The van der Waals surface area contributed by atoms with E-state index < -0.39 is 0 Å². The third-order valence-electron chi connectivity index (χ3n) is 0.816. The molecule has 0 atom stereocenters. The van der Waals surface area contributed by atoms with E-state index in [9.17, 15) is 0 Å². The van der Waals surface area contributed by atoms with Crippen molar-refractivity contribution in [1.82, 2.24) is 0 Å². The Kier molecular flexibility index (Phi) is 4.78. The zero-order valence-corrected chi connectivity index (χ0v) is 3.78. The average Bonchev–Trinajstić information content (AvgIpc) is 1.36. The van der Waals surface area contributed by atoms with Crippen LogP contribution in [0.5, 0.6) is 0 Å². The number of quaternary nitrogens is 1. The zero-order chi connectivity index (χ0) is 4.83. The first kappa shape index (κ1) is 5.88. The van der Waals surface area contributed by atoms with Crippen molar-refractivity contribution in [2.24, 2.45) is 5.84 Å². The summed E-state index contributed by atoms with van der Waals surface area (Å²) in [5, 5.41) is 2.31. The Morgan fingerprint density at radius 3 is 1.50 bits per heavy atom. The van der Waals surface area contributed by atoms with Gasteiger partial charge in [0.2, 0.25) is 0 Å². The molecule has 3 heteroatoms. The molecular formula is C3H11N3. The summed E-state index contributed by atoms with van der Waals surface area (Å²) in [6.45, 7) is 2.75. The number of hydrogen-bond donors (Lipinski definition) is 2. The van der Waals surface area contributed by atoms with E-state index in [1.54, 1.807) is 0 Å². The summed E-state index contributed by atoms with van der Waals surface area (Å²) in [5.74, 6) is 9.00. The summed E-state index contributed by atoms with van der Waals surface area (Å²) in [5.41, 5.74) is 0. The van der Waals surface area contributed by atoms with E-state index in [1.807, 2.05) is 0 Å². The maximum Gasteiger partial charge on any atom is 0.0809 e. The number of nitrogens with one attached hydrogen (secondary N) is 1. The van der Waals surface area contributed by atoms with Gasteiger partial charge in [-0.2, -0.15) is 0 Å². The van der Waals surface area contributed by atoms with Crippen molar-refractivity contribution in [1.29, 1.82) is 0 Å². The predicted molar refractivity (Wildman–Crippen MR) is 24.8 cm³/mol. The van der Waals surface area contributed by atoms with Gasteiger partial charge in [-0.25, -0.2) is 0 Å². The van der Waals surface area contributed by atoms with Gasteiger partial charge in [0.25, 0.3) is 0 Å². The lowest BCUT2D eigenvalue weighted by Crippen LogP contribution is -2.92. The van der Waals surface area contributed by atoms with Gasteiger partial charge in [-0.1, -0.05) is 0 Å². The summed E-state index contributed by atoms with van der Waals surface area (Å²) in [4.78, 5) is 0. The van der Waals surface area contributed by atoms with Crippen molar-refractivity contribution >= 4 is 0 Å². The van der Waals surface area contributed by atoms with Crippen LogP contribution in [0.4, 0.5) is 0 Å². The van der Waals surface area contributed by atoms with Crippen molar-refractivity contribution in [2.75, 3.05) is 13.1 Å². The molecule has 0 unspecified atom stereocenters. The van der Waals surface area contributed by atoms with Crippen molar-refractivity contribution in [3.05, 3.63) is 5.84 Å². The van der Waals surface area contributed by atoms with E-state index >= 15 is 0 Å². The molecule has 5 N–H and O–H groups in total. The van der Waals surface area contributed by atoms with Gasteiger partial charge in [0.05, 0.1) is 13.1 Å². The molecule has 0 aromatic rings. The summed E-state index contributed by atoms with van der Waals surface area (Å²) < 4.78 is 0. The van der Waals surface area contributed by atoms with Gasteiger partial charge >= 0.3 is 0 Å². The van der Waals surface area contributed by atoms with E-state index in [2.05, 4.69) is 11.2 Å². The molecule has 1 saturated heterocycles. The fourth-order valence-electron chi connectivity index (χ4n) is 0.204. The van der Waals surface area contributed by atoms with Gasteiger partial charge in [-0.15, -0.1) is 0 Å². The Labute approximate surface area is 37.7 Å². The quantitative estimate of drug-likeness (QED) is 0.286. The Balaban J connectivity index is 0.000000112. The number of nitrogens with two attached hydrogens (primary N) is 2. The van der Waals surface area contributed by atoms with E-state index in [4.69, 9.17) is 5.84 Å². The largest absolute Gasteiger partial charge is 0.615 e. The monoisotopic (exact) mass is 89.1 g/mol. The smallest absolute Gasteiger partial charge is 0.0809 e. The molecule has 1 aliphatic rings. The molecule has 1 heterocycles. The van der Waals surface area contributed by atoms with Crippen LogP contribution in [-0.4, -0.2) is 13.1 Å². The summed E-state index contributed by atoms with van der Waals surface area (Å²) >= 11 is 0. The van der Waals surface area contributed by atoms with Crippen LogP contribution in [0.3, 0.4) is 0 Å². The van der Waals surface area contributed by atoms with Crippen molar-refractivity contribution in [2.45, 2.75) is 6.42 Å². The molecule has 38 valence electrons. The predicted octanol–water partition coefficient (Wildman–Crippen LogP) is -1.13. The summed E-state index contributed by atoms with van der Waals surface area (Å²) in [7, 11) is 0. The highest BCUT2D eigenvalue weighted by Gasteiger charge is 1.98. The van der Waals surface area contributed by atoms with Crippen molar-refractivity contribution in [3.8, 4) is 0 Å². The van der Waals surface area contributed by atoms with Crippen LogP contribution < -0.4 is 11.2 Å². The van der Waals surface area contributed by atoms with Crippen LogP contribution in [-0.2, 0) is 0 Å². The molecule has 1 fully saturated rings. The second-order valence-electron chi connectivity index (χ2n) is 1.22. The fourth-order valence-corrected chi connectivity index (χ4v) is 0.204. The topological polar surface area (TPSA) is 66.4 Å². The van der Waals surface area contributed by atoms with Crippen LogP contribution in [0.2, 0.25) is 0 Å². The minimum Gasteiger partial charge on any atom is -0.615 e. The van der Waals surface area contributed by atoms with Crippen molar-refractivity contribution in [3.63, 3.8) is 0 Å². The minimum absolute atomic E-state index is 1.38. The first-order valence-electron chi connectivity index (χ1n) is 2.11. The van der Waals surface area contributed by atoms with Gasteiger partial charge in [-0.05, 0) is 0 Å². The Bertz CT molecular complexity index is 14.0. The third kappa shape index (κ3) is 2.14. The molecule has 3 nitrogen and oxygen atoms in total. The van der Waals surface area contributed by atoms with E-state index in [0.717, 1.165) is 0 Å². The molecule has 0 amide bonds. The summed E-state index contributed by atoms with van der Waals surface area (Å²) in [6, 6.07) is 0. The summed E-state index contributed by atoms with van der Waals surface area (Å²) in [6.07, 6.45) is 1.44. The third-order valence-corrected chi connectivity index (χ3v) is 0.816. The van der Waals surface area contributed by atoms with Gasteiger partial charge in [0, 0.05) is 6.42 Å². The molecule has 0 aromatic heterocycles. The molecule has 0 bridgehead atoms. The van der Waals surface area contributed by atoms with Crippen LogP contribution in [0, 0.1) is 0 Å². The Hall–Kier alpha value is -0.120. The van der Waals surface area contributed by atoms with Crippen LogP contribution >= 0.6 is 0 Å². The highest BCUT2D eigenvalue weighted by atomic mass is 15.0. The first-order chi connectivity index (χ1) is 3.00. The lowest BCUT2D eigenvalue weighted by atomic mass is 10.3. The maximum absolute atomic E-state index is 5.25. The first-order valence-corrected chi connectivity index (χ1v) is 2.11.